The van der Waals surface area contributed by atoms with Gasteiger partial charge in [-0.15, -0.1) is 0 Å². The van der Waals surface area contributed by atoms with Crippen LogP contribution < -0.4 is 10.6 Å². The number of aliphatic hydroxyl groups excluding tert-OH is 1. The van der Waals surface area contributed by atoms with Gasteiger partial charge in [-0.3, -0.25) is 4.79 Å². The van der Waals surface area contributed by atoms with E-state index >= 15 is 0 Å². The molecule has 0 aromatic carbocycles. The van der Waals surface area contributed by atoms with Gasteiger partial charge in [0.05, 0.1) is 6.10 Å². The quantitative estimate of drug-likeness (QED) is 0.696. The molecule has 1 heterocycles. The van der Waals surface area contributed by atoms with Crippen LogP contribution >= 0.6 is 0 Å². The molecule has 2 rings (SSSR count). The zero-order valence-electron chi connectivity index (χ0n) is 12.6. The van der Waals surface area contributed by atoms with E-state index in [-0.39, 0.29) is 12.0 Å². The van der Waals surface area contributed by atoms with Crippen LogP contribution in [0.1, 0.15) is 57.8 Å². The summed E-state index contributed by atoms with van der Waals surface area (Å²) in [6.45, 7) is 2.62. The second-order valence-corrected chi connectivity index (χ2v) is 6.50. The summed E-state index contributed by atoms with van der Waals surface area (Å²) in [5.41, 5.74) is 0. The maximum Gasteiger partial charge on any atom is 0.220 e. The van der Waals surface area contributed by atoms with Crippen LogP contribution in [0.2, 0.25) is 0 Å². The molecule has 1 aliphatic heterocycles. The Morgan fingerprint density at radius 2 is 1.85 bits per heavy atom. The molecule has 0 spiro atoms. The molecule has 3 N–H and O–H groups in total. The molecule has 4 heteroatoms. The summed E-state index contributed by atoms with van der Waals surface area (Å²) in [6.07, 6.45) is 9.63. The number of aliphatic hydroxyl groups is 1. The van der Waals surface area contributed by atoms with Crippen molar-refractivity contribution in [2.45, 2.75) is 63.9 Å². The number of rotatable bonds is 6. The summed E-state index contributed by atoms with van der Waals surface area (Å²) in [4.78, 5) is 11.8. The first kappa shape index (κ1) is 15.8. The van der Waals surface area contributed by atoms with Crippen LogP contribution in [-0.2, 0) is 4.79 Å². The second-order valence-electron chi connectivity index (χ2n) is 6.50. The Balaban J connectivity index is 1.56. The monoisotopic (exact) mass is 282 g/mol. The number of nitrogens with one attached hydrogen (secondary N) is 2. The summed E-state index contributed by atoms with van der Waals surface area (Å²) in [5, 5.41) is 16.4. The first-order chi connectivity index (χ1) is 9.75. The molecule has 0 aromatic heterocycles. The Labute approximate surface area is 122 Å². The lowest BCUT2D eigenvalue weighted by molar-refractivity contribution is -0.122. The van der Waals surface area contributed by atoms with Gasteiger partial charge in [0.1, 0.15) is 0 Å². The molecule has 4 nitrogen and oxygen atoms in total. The summed E-state index contributed by atoms with van der Waals surface area (Å²) in [5.74, 6) is 1.21. The van der Waals surface area contributed by atoms with Gasteiger partial charge in [-0.05, 0) is 57.0 Å². The zero-order valence-corrected chi connectivity index (χ0v) is 12.6. The standard InChI is InChI=1S/C16H30N2O2/c19-15(14-4-2-1-3-5-14)12-18-16(20)7-6-13-8-10-17-11-9-13/h13-15,17,19H,1-12H2,(H,18,20). The van der Waals surface area contributed by atoms with Gasteiger partial charge in [0.2, 0.25) is 5.91 Å². The predicted octanol–water partition coefficient (Wildman–Crippen LogP) is 1.82. The van der Waals surface area contributed by atoms with Gasteiger partial charge in [0.15, 0.2) is 0 Å². The van der Waals surface area contributed by atoms with E-state index in [1.807, 2.05) is 0 Å². The van der Waals surface area contributed by atoms with E-state index in [4.69, 9.17) is 0 Å². The molecule has 2 aliphatic rings. The fraction of sp³-hybridized carbons (Fsp3) is 0.938. The van der Waals surface area contributed by atoms with Crippen molar-refractivity contribution in [1.29, 1.82) is 0 Å². The van der Waals surface area contributed by atoms with Gasteiger partial charge in [-0.25, -0.2) is 0 Å². The van der Waals surface area contributed by atoms with Gasteiger partial charge in [0, 0.05) is 13.0 Å². The number of amides is 1. The molecule has 116 valence electrons. The number of hydrogen-bond donors (Lipinski definition) is 3. The molecule has 20 heavy (non-hydrogen) atoms. The third-order valence-electron chi connectivity index (χ3n) is 4.94. The molecule has 0 aromatic rings. The van der Waals surface area contributed by atoms with Gasteiger partial charge in [0.25, 0.3) is 0 Å². The van der Waals surface area contributed by atoms with Crippen LogP contribution in [-0.4, -0.2) is 36.8 Å². The largest absolute Gasteiger partial charge is 0.391 e. The molecule has 1 aliphatic carbocycles. The van der Waals surface area contributed by atoms with Gasteiger partial charge >= 0.3 is 0 Å². The van der Waals surface area contributed by atoms with Crippen LogP contribution in [0, 0.1) is 11.8 Å². The van der Waals surface area contributed by atoms with Crippen LogP contribution in [0.4, 0.5) is 0 Å². The SMILES string of the molecule is O=C(CCC1CCNCC1)NCC(O)C1CCCCC1. The maximum absolute atomic E-state index is 11.8. The van der Waals surface area contributed by atoms with Crippen molar-refractivity contribution in [2.75, 3.05) is 19.6 Å². The van der Waals surface area contributed by atoms with E-state index in [1.54, 1.807) is 0 Å². The van der Waals surface area contributed by atoms with Gasteiger partial charge < -0.3 is 15.7 Å². The van der Waals surface area contributed by atoms with E-state index in [9.17, 15) is 9.90 Å². The summed E-state index contributed by atoms with van der Waals surface area (Å²) >= 11 is 0. The molecule has 0 bridgehead atoms. The van der Waals surface area contributed by atoms with Crippen molar-refractivity contribution in [2.24, 2.45) is 11.8 Å². The molecular weight excluding hydrogens is 252 g/mol. The summed E-state index contributed by atoms with van der Waals surface area (Å²) in [6, 6.07) is 0. The number of carbonyl (C=O) groups is 1. The van der Waals surface area contributed by atoms with Crippen LogP contribution in [0.3, 0.4) is 0 Å². The highest BCUT2D eigenvalue weighted by Gasteiger charge is 2.22. The highest BCUT2D eigenvalue weighted by Crippen LogP contribution is 2.26. The average Bonchev–Trinajstić information content (AvgIpc) is 2.52. The summed E-state index contributed by atoms with van der Waals surface area (Å²) in [7, 11) is 0. The van der Waals surface area contributed by atoms with Crippen molar-refractivity contribution in [3.8, 4) is 0 Å². The van der Waals surface area contributed by atoms with Crippen molar-refractivity contribution in [3.05, 3.63) is 0 Å². The lowest BCUT2D eigenvalue weighted by Crippen LogP contribution is -2.37. The lowest BCUT2D eigenvalue weighted by Gasteiger charge is -2.27. The first-order valence-corrected chi connectivity index (χ1v) is 8.41. The fourth-order valence-corrected chi connectivity index (χ4v) is 3.50. The number of carbonyl (C=O) groups excluding carboxylic acids is 1. The Kier molecular flexibility index (Phi) is 6.80. The highest BCUT2D eigenvalue weighted by atomic mass is 16.3. The van der Waals surface area contributed by atoms with Crippen molar-refractivity contribution >= 4 is 5.91 Å². The first-order valence-electron chi connectivity index (χ1n) is 8.41. The number of piperidine rings is 1. The maximum atomic E-state index is 11.8. The third-order valence-corrected chi connectivity index (χ3v) is 4.94. The van der Waals surface area contributed by atoms with E-state index in [2.05, 4.69) is 10.6 Å². The van der Waals surface area contributed by atoms with Crippen LogP contribution in [0.15, 0.2) is 0 Å². The number of hydrogen-bond acceptors (Lipinski definition) is 3. The Morgan fingerprint density at radius 1 is 1.15 bits per heavy atom. The normalized spacial score (nSPS) is 23.4. The molecule has 1 atom stereocenters. The van der Waals surface area contributed by atoms with E-state index in [1.165, 1.54) is 32.1 Å². The molecular formula is C16H30N2O2. The second kappa shape index (κ2) is 8.63. The van der Waals surface area contributed by atoms with Gasteiger partial charge in [-0.2, -0.15) is 0 Å². The molecule has 1 unspecified atom stereocenters. The van der Waals surface area contributed by atoms with Gasteiger partial charge in [-0.1, -0.05) is 19.3 Å². The minimum Gasteiger partial charge on any atom is -0.391 e. The lowest BCUT2D eigenvalue weighted by atomic mass is 9.85. The third kappa shape index (κ3) is 5.41. The molecule has 0 radical (unpaired) electrons. The van der Waals surface area contributed by atoms with Crippen LogP contribution in [0.25, 0.3) is 0 Å². The van der Waals surface area contributed by atoms with E-state index < -0.39 is 0 Å². The summed E-state index contributed by atoms with van der Waals surface area (Å²) < 4.78 is 0. The average molecular weight is 282 g/mol. The van der Waals surface area contributed by atoms with Crippen molar-refractivity contribution in [1.82, 2.24) is 10.6 Å². The molecule has 1 saturated carbocycles. The Hall–Kier alpha value is -0.610. The smallest absolute Gasteiger partial charge is 0.220 e. The van der Waals surface area contributed by atoms with E-state index in [0.717, 1.165) is 32.4 Å². The minimum absolute atomic E-state index is 0.110. The zero-order chi connectivity index (χ0) is 14.2. The minimum atomic E-state index is -0.349. The van der Waals surface area contributed by atoms with Crippen LogP contribution in [0.5, 0.6) is 0 Å². The predicted molar refractivity (Wildman–Crippen MR) is 80.4 cm³/mol. The van der Waals surface area contributed by atoms with E-state index in [0.29, 0.717) is 24.8 Å². The Bertz CT molecular complexity index is 284. The highest BCUT2D eigenvalue weighted by molar-refractivity contribution is 5.75. The van der Waals surface area contributed by atoms with Crippen molar-refractivity contribution in [3.63, 3.8) is 0 Å². The fourth-order valence-electron chi connectivity index (χ4n) is 3.50. The van der Waals surface area contributed by atoms with Crippen molar-refractivity contribution < 1.29 is 9.90 Å². The molecule has 2 fully saturated rings. The Morgan fingerprint density at radius 3 is 2.55 bits per heavy atom. The molecule has 1 saturated heterocycles. The molecule has 1 amide bonds. The topological polar surface area (TPSA) is 61.4 Å².